The summed E-state index contributed by atoms with van der Waals surface area (Å²) in [6.07, 6.45) is 13.7. The van der Waals surface area contributed by atoms with Crippen molar-refractivity contribution in [1.29, 1.82) is 5.26 Å². The van der Waals surface area contributed by atoms with Crippen LogP contribution in [0, 0.1) is 16.7 Å². The summed E-state index contributed by atoms with van der Waals surface area (Å²) >= 11 is 0. The molecular formula is C20H29N. The van der Waals surface area contributed by atoms with Crippen LogP contribution in [0.25, 0.3) is 0 Å². The van der Waals surface area contributed by atoms with Crippen LogP contribution < -0.4 is 0 Å². The zero-order valence-corrected chi connectivity index (χ0v) is 13.5. The maximum atomic E-state index is 9.64. The van der Waals surface area contributed by atoms with Crippen LogP contribution in [0.4, 0.5) is 0 Å². The first-order valence-electron chi connectivity index (χ1n) is 8.78. The number of hydrogen-bond acceptors (Lipinski definition) is 1. The van der Waals surface area contributed by atoms with Gasteiger partial charge in [-0.05, 0) is 30.4 Å². The van der Waals surface area contributed by atoms with Gasteiger partial charge in [-0.1, -0.05) is 82.6 Å². The van der Waals surface area contributed by atoms with Crippen LogP contribution in [0.2, 0.25) is 0 Å². The number of nitrogens with zero attached hydrogens (tertiary/aromatic N) is 1. The summed E-state index contributed by atoms with van der Waals surface area (Å²) in [6, 6.07) is 11.2. The summed E-state index contributed by atoms with van der Waals surface area (Å²) in [6.45, 7) is 2.26. The van der Waals surface area contributed by atoms with Crippen LogP contribution in [0.15, 0.2) is 24.3 Å². The molecule has 0 bridgehead atoms. The molecule has 0 radical (unpaired) electrons. The molecule has 1 aliphatic carbocycles. The Bertz CT molecular complexity index is 444. The highest BCUT2D eigenvalue weighted by molar-refractivity contribution is 5.36. The standard InChI is InChI=1S/C20H29N/c1-2-3-4-5-6-7-8-11-14-20(17-21)15-18-12-9-10-13-19(18)16-20/h9-10,12-13H,2-8,11,14-16H2,1H3. The molecule has 2 rings (SSSR count). The molecule has 0 aliphatic heterocycles. The Morgan fingerprint density at radius 3 is 1.95 bits per heavy atom. The number of hydrogen-bond donors (Lipinski definition) is 0. The quantitative estimate of drug-likeness (QED) is 0.523. The molecular weight excluding hydrogens is 254 g/mol. The zero-order valence-electron chi connectivity index (χ0n) is 13.5. The van der Waals surface area contributed by atoms with Crippen molar-refractivity contribution in [3.8, 4) is 6.07 Å². The maximum absolute atomic E-state index is 9.64. The van der Waals surface area contributed by atoms with E-state index < -0.39 is 0 Å². The average Bonchev–Trinajstić information content (AvgIpc) is 2.89. The van der Waals surface area contributed by atoms with E-state index >= 15 is 0 Å². The van der Waals surface area contributed by atoms with Gasteiger partial charge in [-0.15, -0.1) is 0 Å². The van der Waals surface area contributed by atoms with Gasteiger partial charge in [0.15, 0.2) is 0 Å². The molecule has 0 heterocycles. The van der Waals surface area contributed by atoms with Crippen molar-refractivity contribution < 1.29 is 0 Å². The Balaban J connectivity index is 1.67. The first-order chi connectivity index (χ1) is 10.3. The van der Waals surface area contributed by atoms with E-state index in [1.807, 2.05) is 0 Å². The molecule has 0 N–H and O–H groups in total. The normalized spacial score (nSPS) is 15.6. The molecule has 0 saturated carbocycles. The minimum atomic E-state index is -0.105. The molecule has 0 fully saturated rings. The Morgan fingerprint density at radius 2 is 1.43 bits per heavy atom. The third-order valence-corrected chi connectivity index (χ3v) is 4.92. The van der Waals surface area contributed by atoms with Crippen molar-refractivity contribution in [3.05, 3.63) is 35.4 Å². The van der Waals surface area contributed by atoms with Gasteiger partial charge in [0.05, 0.1) is 11.5 Å². The first kappa shape index (κ1) is 16.1. The number of rotatable bonds is 9. The Kier molecular flexibility index (Phi) is 6.30. The first-order valence-corrected chi connectivity index (χ1v) is 8.78. The summed E-state index contributed by atoms with van der Waals surface area (Å²) in [7, 11) is 0. The Morgan fingerprint density at radius 1 is 0.905 bits per heavy atom. The average molecular weight is 283 g/mol. The molecule has 0 amide bonds. The molecule has 0 saturated heterocycles. The molecule has 0 atom stereocenters. The maximum Gasteiger partial charge on any atom is 0.0696 e. The third kappa shape index (κ3) is 4.60. The van der Waals surface area contributed by atoms with Crippen LogP contribution in [0.3, 0.4) is 0 Å². The van der Waals surface area contributed by atoms with Gasteiger partial charge >= 0.3 is 0 Å². The van der Waals surface area contributed by atoms with Crippen LogP contribution >= 0.6 is 0 Å². The summed E-state index contributed by atoms with van der Waals surface area (Å²) in [5.41, 5.74) is 2.70. The highest BCUT2D eigenvalue weighted by Gasteiger charge is 2.36. The Hall–Kier alpha value is -1.29. The van der Waals surface area contributed by atoms with E-state index in [9.17, 15) is 5.26 Å². The van der Waals surface area contributed by atoms with E-state index in [0.717, 1.165) is 19.3 Å². The van der Waals surface area contributed by atoms with Crippen molar-refractivity contribution in [1.82, 2.24) is 0 Å². The smallest absolute Gasteiger partial charge is 0.0696 e. The minimum absolute atomic E-state index is 0.105. The summed E-state index contributed by atoms with van der Waals surface area (Å²) < 4.78 is 0. The number of benzene rings is 1. The van der Waals surface area contributed by atoms with Crippen molar-refractivity contribution in [3.63, 3.8) is 0 Å². The van der Waals surface area contributed by atoms with Crippen LogP contribution in [0.1, 0.15) is 75.8 Å². The second-order valence-corrected chi connectivity index (χ2v) is 6.74. The lowest BCUT2D eigenvalue weighted by molar-refractivity contribution is 0.364. The summed E-state index contributed by atoms with van der Waals surface area (Å²) in [5.74, 6) is 0. The second kappa shape index (κ2) is 8.23. The SMILES string of the molecule is CCCCCCCCCCC1(C#N)Cc2ccccc2C1. The van der Waals surface area contributed by atoms with Gasteiger partial charge in [0, 0.05) is 0 Å². The fourth-order valence-electron chi connectivity index (χ4n) is 3.60. The fourth-order valence-corrected chi connectivity index (χ4v) is 3.60. The predicted molar refractivity (Wildman–Crippen MR) is 89.1 cm³/mol. The predicted octanol–water partition coefficient (Wildman–Crippen LogP) is 5.83. The summed E-state index contributed by atoms with van der Waals surface area (Å²) in [4.78, 5) is 0. The van der Waals surface area contributed by atoms with Crippen molar-refractivity contribution in [2.75, 3.05) is 0 Å². The van der Waals surface area contributed by atoms with E-state index in [4.69, 9.17) is 0 Å². The van der Waals surface area contributed by atoms with E-state index in [-0.39, 0.29) is 5.41 Å². The molecule has 21 heavy (non-hydrogen) atoms. The van der Waals surface area contributed by atoms with E-state index in [1.165, 1.54) is 62.5 Å². The molecule has 1 heteroatoms. The van der Waals surface area contributed by atoms with Gasteiger partial charge < -0.3 is 0 Å². The molecule has 1 aromatic carbocycles. The van der Waals surface area contributed by atoms with Gasteiger partial charge in [-0.3, -0.25) is 0 Å². The third-order valence-electron chi connectivity index (χ3n) is 4.92. The van der Waals surface area contributed by atoms with Gasteiger partial charge in [0.2, 0.25) is 0 Å². The lowest BCUT2D eigenvalue weighted by atomic mass is 9.81. The number of fused-ring (bicyclic) bond motifs is 1. The second-order valence-electron chi connectivity index (χ2n) is 6.74. The fraction of sp³-hybridized carbons (Fsp3) is 0.650. The highest BCUT2D eigenvalue weighted by atomic mass is 14.4. The van der Waals surface area contributed by atoms with Crippen molar-refractivity contribution >= 4 is 0 Å². The van der Waals surface area contributed by atoms with Gasteiger partial charge in [0.1, 0.15) is 0 Å². The minimum Gasteiger partial charge on any atom is -0.198 e. The Labute approximate surface area is 130 Å². The topological polar surface area (TPSA) is 23.8 Å². The zero-order chi connectivity index (χ0) is 15.0. The molecule has 0 aromatic heterocycles. The summed E-state index contributed by atoms with van der Waals surface area (Å²) in [5, 5.41) is 9.64. The molecule has 0 unspecified atom stereocenters. The van der Waals surface area contributed by atoms with E-state index in [0.29, 0.717) is 0 Å². The van der Waals surface area contributed by atoms with Gasteiger partial charge in [-0.2, -0.15) is 5.26 Å². The van der Waals surface area contributed by atoms with Crippen LogP contribution in [-0.4, -0.2) is 0 Å². The molecule has 1 nitrogen and oxygen atoms in total. The van der Waals surface area contributed by atoms with Gasteiger partial charge in [0.25, 0.3) is 0 Å². The van der Waals surface area contributed by atoms with Crippen LogP contribution in [-0.2, 0) is 12.8 Å². The van der Waals surface area contributed by atoms with Crippen molar-refractivity contribution in [2.45, 2.75) is 77.6 Å². The van der Waals surface area contributed by atoms with E-state index in [2.05, 4.69) is 37.3 Å². The highest BCUT2D eigenvalue weighted by Crippen LogP contribution is 2.40. The lowest BCUT2D eigenvalue weighted by Gasteiger charge is -2.19. The largest absolute Gasteiger partial charge is 0.198 e. The van der Waals surface area contributed by atoms with Gasteiger partial charge in [-0.25, -0.2) is 0 Å². The molecule has 114 valence electrons. The van der Waals surface area contributed by atoms with Crippen molar-refractivity contribution in [2.24, 2.45) is 5.41 Å². The molecule has 0 spiro atoms. The monoisotopic (exact) mass is 283 g/mol. The van der Waals surface area contributed by atoms with E-state index in [1.54, 1.807) is 0 Å². The number of nitriles is 1. The van der Waals surface area contributed by atoms with Crippen LogP contribution in [0.5, 0.6) is 0 Å². The number of unbranched alkanes of at least 4 members (excludes halogenated alkanes) is 7. The molecule has 1 aliphatic rings. The lowest BCUT2D eigenvalue weighted by Crippen LogP contribution is -2.18. The molecule has 1 aromatic rings.